The molecular formula is C17H19FO. The molecule has 0 bridgehead atoms. The quantitative estimate of drug-likeness (QED) is 0.752. The molecule has 19 heavy (non-hydrogen) atoms. The highest BCUT2D eigenvalue weighted by Gasteiger charge is 2.13. The van der Waals surface area contributed by atoms with Gasteiger partial charge in [0.25, 0.3) is 0 Å². The second kappa shape index (κ2) is 5.04. The maximum Gasteiger partial charge on any atom is 0.165 e. The van der Waals surface area contributed by atoms with Crippen molar-refractivity contribution in [1.29, 1.82) is 0 Å². The zero-order chi connectivity index (χ0) is 14.0. The van der Waals surface area contributed by atoms with Gasteiger partial charge in [0.05, 0.1) is 7.11 Å². The molecule has 0 amide bonds. The van der Waals surface area contributed by atoms with Crippen molar-refractivity contribution in [3.63, 3.8) is 0 Å². The van der Waals surface area contributed by atoms with E-state index in [4.69, 9.17) is 4.74 Å². The Balaban J connectivity index is 2.35. The molecule has 0 saturated carbocycles. The van der Waals surface area contributed by atoms with Gasteiger partial charge in [0.2, 0.25) is 0 Å². The average Bonchev–Trinajstić information content (AvgIpc) is 2.38. The van der Waals surface area contributed by atoms with Crippen LogP contribution in [0.25, 0.3) is 11.1 Å². The summed E-state index contributed by atoms with van der Waals surface area (Å²) in [7, 11) is 1.47. The van der Waals surface area contributed by atoms with E-state index in [1.54, 1.807) is 6.07 Å². The summed E-state index contributed by atoms with van der Waals surface area (Å²) in [6, 6.07) is 13.3. The van der Waals surface area contributed by atoms with Crippen LogP contribution in [0.2, 0.25) is 0 Å². The van der Waals surface area contributed by atoms with E-state index in [-0.39, 0.29) is 17.0 Å². The maximum absolute atomic E-state index is 13.7. The molecule has 0 aliphatic heterocycles. The van der Waals surface area contributed by atoms with Crippen LogP contribution in [0.5, 0.6) is 5.75 Å². The Kier molecular flexibility index (Phi) is 3.61. The summed E-state index contributed by atoms with van der Waals surface area (Å²) in [6.45, 7) is 6.53. The van der Waals surface area contributed by atoms with E-state index in [2.05, 4.69) is 32.9 Å². The van der Waals surface area contributed by atoms with Crippen molar-refractivity contribution in [3.8, 4) is 16.9 Å². The smallest absolute Gasteiger partial charge is 0.165 e. The Hall–Kier alpha value is -1.83. The standard InChI is InChI=1S/C17H19FO/c1-17(2,3)14-8-5-12(6-9-14)13-7-10-16(19-4)15(18)11-13/h5-11H,1-4H3. The number of rotatable bonds is 2. The number of hydrogen-bond acceptors (Lipinski definition) is 1. The first kappa shape index (κ1) is 13.6. The molecule has 2 aromatic rings. The fourth-order valence-electron chi connectivity index (χ4n) is 2.01. The van der Waals surface area contributed by atoms with Gasteiger partial charge in [-0.1, -0.05) is 51.1 Å². The summed E-state index contributed by atoms with van der Waals surface area (Å²) in [5.41, 5.74) is 3.27. The summed E-state index contributed by atoms with van der Waals surface area (Å²) in [6.07, 6.45) is 0. The van der Waals surface area contributed by atoms with E-state index in [1.165, 1.54) is 18.7 Å². The van der Waals surface area contributed by atoms with Crippen LogP contribution in [-0.2, 0) is 5.41 Å². The van der Waals surface area contributed by atoms with Crippen molar-refractivity contribution in [3.05, 3.63) is 53.8 Å². The summed E-state index contributed by atoms with van der Waals surface area (Å²) < 4.78 is 18.6. The van der Waals surface area contributed by atoms with Gasteiger partial charge in [0, 0.05) is 0 Å². The Bertz CT molecular complexity index is 565. The fourth-order valence-corrected chi connectivity index (χ4v) is 2.01. The van der Waals surface area contributed by atoms with Crippen molar-refractivity contribution < 1.29 is 9.13 Å². The van der Waals surface area contributed by atoms with Gasteiger partial charge in [-0.25, -0.2) is 4.39 Å². The van der Waals surface area contributed by atoms with Crippen LogP contribution < -0.4 is 4.74 Å². The molecule has 2 rings (SSSR count). The van der Waals surface area contributed by atoms with Crippen molar-refractivity contribution in [2.24, 2.45) is 0 Å². The molecule has 100 valence electrons. The van der Waals surface area contributed by atoms with E-state index in [0.29, 0.717) is 0 Å². The molecule has 0 spiro atoms. The van der Waals surface area contributed by atoms with Crippen LogP contribution in [0.4, 0.5) is 4.39 Å². The summed E-state index contributed by atoms with van der Waals surface area (Å²) in [5.74, 6) is -0.0602. The van der Waals surface area contributed by atoms with Gasteiger partial charge < -0.3 is 4.74 Å². The molecule has 0 N–H and O–H groups in total. The lowest BCUT2D eigenvalue weighted by atomic mass is 9.86. The molecule has 0 radical (unpaired) electrons. The Morgan fingerprint density at radius 3 is 1.95 bits per heavy atom. The summed E-state index contributed by atoms with van der Waals surface area (Å²) in [5, 5.41) is 0. The SMILES string of the molecule is COc1ccc(-c2ccc(C(C)(C)C)cc2)cc1F. The average molecular weight is 258 g/mol. The van der Waals surface area contributed by atoms with Crippen molar-refractivity contribution in [2.75, 3.05) is 7.11 Å². The van der Waals surface area contributed by atoms with Crippen LogP contribution in [0.15, 0.2) is 42.5 Å². The minimum Gasteiger partial charge on any atom is -0.494 e. The number of ether oxygens (including phenoxy) is 1. The second-order valence-corrected chi connectivity index (χ2v) is 5.68. The second-order valence-electron chi connectivity index (χ2n) is 5.68. The van der Waals surface area contributed by atoms with E-state index in [1.807, 2.05) is 18.2 Å². The number of methoxy groups -OCH3 is 1. The van der Waals surface area contributed by atoms with Gasteiger partial charge in [-0.15, -0.1) is 0 Å². The van der Waals surface area contributed by atoms with Gasteiger partial charge in [0.15, 0.2) is 11.6 Å². The van der Waals surface area contributed by atoms with Crippen molar-refractivity contribution in [1.82, 2.24) is 0 Å². The topological polar surface area (TPSA) is 9.23 Å². The monoisotopic (exact) mass is 258 g/mol. The Morgan fingerprint density at radius 1 is 0.895 bits per heavy atom. The lowest BCUT2D eigenvalue weighted by molar-refractivity contribution is 0.386. The van der Waals surface area contributed by atoms with E-state index < -0.39 is 0 Å². The largest absolute Gasteiger partial charge is 0.494 e. The number of halogens is 1. The van der Waals surface area contributed by atoms with Crippen molar-refractivity contribution >= 4 is 0 Å². The van der Waals surface area contributed by atoms with Crippen LogP contribution in [0.1, 0.15) is 26.3 Å². The highest BCUT2D eigenvalue weighted by atomic mass is 19.1. The first-order valence-corrected chi connectivity index (χ1v) is 6.36. The van der Waals surface area contributed by atoms with Crippen LogP contribution >= 0.6 is 0 Å². The van der Waals surface area contributed by atoms with E-state index >= 15 is 0 Å². The van der Waals surface area contributed by atoms with E-state index in [9.17, 15) is 4.39 Å². The molecule has 1 nitrogen and oxygen atoms in total. The Morgan fingerprint density at radius 2 is 1.47 bits per heavy atom. The highest BCUT2D eigenvalue weighted by Crippen LogP contribution is 2.28. The van der Waals surface area contributed by atoms with Crippen molar-refractivity contribution in [2.45, 2.75) is 26.2 Å². The van der Waals surface area contributed by atoms with Gasteiger partial charge >= 0.3 is 0 Å². The first-order chi connectivity index (χ1) is 8.91. The first-order valence-electron chi connectivity index (χ1n) is 6.36. The molecular weight excluding hydrogens is 239 g/mol. The minimum atomic E-state index is -0.333. The molecule has 0 heterocycles. The molecule has 0 saturated heterocycles. The zero-order valence-corrected chi connectivity index (χ0v) is 11.8. The molecule has 0 atom stereocenters. The zero-order valence-electron chi connectivity index (χ0n) is 11.8. The molecule has 2 heteroatoms. The third-order valence-corrected chi connectivity index (χ3v) is 3.24. The highest BCUT2D eigenvalue weighted by molar-refractivity contribution is 5.64. The number of hydrogen-bond donors (Lipinski definition) is 0. The molecule has 2 aromatic carbocycles. The third kappa shape index (κ3) is 2.95. The van der Waals surface area contributed by atoms with Gasteiger partial charge in [-0.3, -0.25) is 0 Å². The summed E-state index contributed by atoms with van der Waals surface area (Å²) >= 11 is 0. The van der Waals surface area contributed by atoms with E-state index in [0.717, 1.165) is 11.1 Å². The predicted octanol–water partition coefficient (Wildman–Crippen LogP) is 4.80. The normalized spacial score (nSPS) is 11.4. The summed E-state index contributed by atoms with van der Waals surface area (Å²) in [4.78, 5) is 0. The lowest BCUT2D eigenvalue weighted by Gasteiger charge is -2.19. The number of benzene rings is 2. The minimum absolute atomic E-state index is 0.129. The third-order valence-electron chi connectivity index (χ3n) is 3.24. The molecule has 0 fully saturated rings. The van der Waals surface area contributed by atoms with Crippen LogP contribution in [0, 0.1) is 5.82 Å². The maximum atomic E-state index is 13.7. The van der Waals surface area contributed by atoms with Crippen LogP contribution in [0.3, 0.4) is 0 Å². The van der Waals surface area contributed by atoms with Gasteiger partial charge in [-0.05, 0) is 34.2 Å². The van der Waals surface area contributed by atoms with Gasteiger partial charge in [0.1, 0.15) is 0 Å². The predicted molar refractivity (Wildman–Crippen MR) is 77.1 cm³/mol. The molecule has 0 unspecified atom stereocenters. The lowest BCUT2D eigenvalue weighted by Crippen LogP contribution is -2.10. The fraction of sp³-hybridized carbons (Fsp3) is 0.294. The Labute approximate surface area is 114 Å². The molecule has 0 aliphatic rings. The molecule has 0 aliphatic carbocycles. The molecule has 0 aromatic heterocycles. The van der Waals surface area contributed by atoms with Gasteiger partial charge in [-0.2, -0.15) is 0 Å². The van der Waals surface area contributed by atoms with Crippen LogP contribution in [-0.4, -0.2) is 7.11 Å².